The summed E-state index contributed by atoms with van der Waals surface area (Å²) in [4.78, 5) is 4.82. The Bertz CT molecular complexity index is 1140. The summed E-state index contributed by atoms with van der Waals surface area (Å²) in [7, 11) is 1.95. The SMILES string of the molecule is CCC(CC)Oc1cc(C)nc2c(-c3ccc(-n4cccn4)cc3C)nn(C)c12. The first-order valence-electron chi connectivity index (χ1n) is 10.1. The number of hydrogen-bond donors (Lipinski definition) is 0. The highest BCUT2D eigenvalue weighted by molar-refractivity contribution is 5.94. The van der Waals surface area contributed by atoms with Gasteiger partial charge < -0.3 is 4.74 Å². The van der Waals surface area contributed by atoms with Gasteiger partial charge in [-0.25, -0.2) is 9.67 Å². The van der Waals surface area contributed by atoms with E-state index in [1.165, 1.54) is 0 Å². The van der Waals surface area contributed by atoms with Crippen LogP contribution in [-0.4, -0.2) is 30.6 Å². The predicted octanol–water partition coefficient (Wildman–Crippen LogP) is 5.01. The molecule has 4 aromatic rings. The van der Waals surface area contributed by atoms with Gasteiger partial charge >= 0.3 is 0 Å². The first-order valence-corrected chi connectivity index (χ1v) is 10.1. The van der Waals surface area contributed by atoms with Crippen molar-refractivity contribution in [3.63, 3.8) is 0 Å². The minimum absolute atomic E-state index is 0.188. The van der Waals surface area contributed by atoms with Gasteiger partial charge in [-0.3, -0.25) is 4.68 Å². The van der Waals surface area contributed by atoms with Crippen LogP contribution in [0.2, 0.25) is 0 Å². The Labute approximate surface area is 171 Å². The quantitative estimate of drug-likeness (QED) is 0.465. The van der Waals surface area contributed by atoms with Crippen LogP contribution in [0.3, 0.4) is 0 Å². The van der Waals surface area contributed by atoms with Crippen molar-refractivity contribution >= 4 is 11.0 Å². The zero-order chi connectivity index (χ0) is 20.5. The van der Waals surface area contributed by atoms with E-state index in [1.807, 2.05) is 41.7 Å². The molecule has 0 unspecified atom stereocenters. The zero-order valence-corrected chi connectivity index (χ0v) is 17.7. The minimum Gasteiger partial charge on any atom is -0.488 e. The van der Waals surface area contributed by atoms with Gasteiger partial charge in [-0.2, -0.15) is 10.2 Å². The summed E-state index contributed by atoms with van der Waals surface area (Å²) in [6.07, 6.45) is 5.85. The largest absolute Gasteiger partial charge is 0.488 e. The smallest absolute Gasteiger partial charge is 0.149 e. The molecule has 29 heavy (non-hydrogen) atoms. The fraction of sp³-hybridized carbons (Fsp3) is 0.348. The highest BCUT2D eigenvalue weighted by atomic mass is 16.5. The number of rotatable bonds is 6. The molecule has 0 aliphatic heterocycles. The number of benzene rings is 1. The third kappa shape index (κ3) is 3.50. The van der Waals surface area contributed by atoms with E-state index in [-0.39, 0.29) is 6.10 Å². The highest BCUT2D eigenvalue weighted by Gasteiger charge is 2.20. The number of ether oxygens (including phenoxy) is 1. The summed E-state index contributed by atoms with van der Waals surface area (Å²) < 4.78 is 10.1. The summed E-state index contributed by atoms with van der Waals surface area (Å²) >= 11 is 0. The first kappa shape index (κ1) is 19.2. The Morgan fingerprint density at radius 3 is 2.55 bits per heavy atom. The third-order valence-corrected chi connectivity index (χ3v) is 5.32. The van der Waals surface area contributed by atoms with E-state index < -0.39 is 0 Å². The summed E-state index contributed by atoms with van der Waals surface area (Å²) in [5.74, 6) is 0.855. The second-order valence-corrected chi connectivity index (χ2v) is 7.44. The van der Waals surface area contributed by atoms with E-state index in [1.54, 1.807) is 6.20 Å². The lowest BCUT2D eigenvalue weighted by Crippen LogP contribution is -2.14. The van der Waals surface area contributed by atoms with Crippen molar-refractivity contribution < 1.29 is 4.74 Å². The van der Waals surface area contributed by atoms with Crippen molar-refractivity contribution in [1.82, 2.24) is 24.5 Å². The van der Waals surface area contributed by atoms with E-state index in [4.69, 9.17) is 14.8 Å². The van der Waals surface area contributed by atoms with Gasteiger partial charge in [-0.1, -0.05) is 19.9 Å². The van der Waals surface area contributed by atoms with Crippen LogP contribution in [0, 0.1) is 13.8 Å². The predicted molar refractivity (Wildman–Crippen MR) is 116 cm³/mol. The van der Waals surface area contributed by atoms with E-state index >= 15 is 0 Å². The molecule has 0 saturated carbocycles. The molecule has 3 heterocycles. The molecule has 0 aliphatic carbocycles. The Kier molecular flexibility index (Phi) is 5.09. The lowest BCUT2D eigenvalue weighted by molar-refractivity contribution is 0.194. The molecule has 6 nitrogen and oxygen atoms in total. The molecule has 6 heteroatoms. The number of pyridine rings is 1. The molecule has 4 rings (SSSR count). The second-order valence-electron chi connectivity index (χ2n) is 7.44. The lowest BCUT2D eigenvalue weighted by atomic mass is 10.0. The normalized spacial score (nSPS) is 11.5. The number of hydrogen-bond acceptors (Lipinski definition) is 4. The van der Waals surface area contributed by atoms with Gasteiger partial charge in [-0.15, -0.1) is 0 Å². The fourth-order valence-corrected chi connectivity index (χ4v) is 3.75. The second kappa shape index (κ2) is 7.70. The van der Waals surface area contributed by atoms with Gasteiger partial charge in [0.15, 0.2) is 0 Å². The van der Waals surface area contributed by atoms with E-state index in [9.17, 15) is 0 Å². The summed E-state index contributed by atoms with van der Waals surface area (Å²) in [5, 5.41) is 9.14. The first-order chi connectivity index (χ1) is 14.0. The Hall–Kier alpha value is -3.15. The number of fused-ring (bicyclic) bond motifs is 1. The van der Waals surface area contributed by atoms with Crippen LogP contribution in [0.15, 0.2) is 42.7 Å². The van der Waals surface area contributed by atoms with E-state index in [0.717, 1.165) is 57.8 Å². The maximum absolute atomic E-state index is 6.32. The maximum atomic E-state index is 6.32. The van der Waals surface area contributed by atoms with Crippen molar-refractivity contribution in [2.24, 2.45) is 7.05 Å². The van der Waals surface area contributed by atoms with Gasteiger partial charge in [0, 0.05) is 36.8 Å². The van der Waals surface area contributed by atoms with Gasteiger partial charge in [0.05, 0.1) is 11.8 Å². The zero-order valence-electron chi connectivity index (χ0n) is 17.7. The molecule has 0 bridgehead atoms. The molecule has 0 amide bonds. The van der Waals surface area contributed by atoms with Crippen molar-refractivity contribution in [3.05, 3.63) is 54.0 Å². The fourth-order valence-electron chi connectivity index (χ4n) is 3.75. The molecular formula is C23H27N5O. The number of nitrogens with zero attached hydrogens (tertiary/aromatic N) is 5. The van der Waals surface area contributed by atoms with Crippen LogP contribution in [0.25, 0.3) is 28.0 Å². The van der Waals surface area contributed by atoms with E-state index in [0.29, 0.717) is 0 Å². The molecule has 0 fully saturated rings. The molecule has 0 atom stereocenters. The van der Waals surface area contributed by atoms with Gasteiger partial charge in [0.1, 0.15) is 22.5 Å². The van der Waals surface area contributed by atoms with Crippen molar-refractivity contribution in [3.8, 4) is 22.7 Å². The summed E-state index contributed by atoms with van der Waals surface area (Å²) in [5.41, 5.74) is 6.85. The monoisotopic (exact) mass is 389 g/mol. The average molecular weight is 390 g/mol. The molecule has 0 N–H and O–H groups in total. The molecule has 1 aromatic carbocycles. The van der Waals surface area contributed by atoms with Crippen molar-refractivity contribution in [1.29, 1.82) is 0 Å². The van der Waals surface area contributed by atoms with Crippen LogP contribution in [0.5, 0.6) is 5.75 Å². The van der Waals surface area contributed by atoms with Gasteiger partial charge in [0.2, 0.25) is 0 Å². The van der Waals surface area contributed by atoms with Gasteiger partial charge in [0.25, 0.3) is 0 Å². The van der Waals surface area contributed by atoms with Crippen LogP contribution in [0.1, 0.15) is 37.9 Å². The topological polar surface area (TPSA) is 57.8 Å². The molecule has 0 saturated heterocycles. The lowest BCUT2D eigenvalue weighted by Gasteiger charge is -2.17. The average Bonchev–Trinajstić information content (AvgIpc) is 3.34. The summed E-state index contributed by atoms with van der Waals surface area (Å²) in [6, 6.07) is 10.2. The molecule has 3 aromatic heterocycles. The Morgan fingerprint density at radius 1 is 1.10 bits per heavy atom. The van der Waals surface area contributed by atoms with Gasteiger partial charge in [-0.05, 0) is 50.5 Å². The van der Waals surface area contributed by atoms with Crippen LogP contribution < -0.4 is 4.74 Å². The van der Waals surface area contributed by atoms with E-state index in [2.05, 4.69) is 44.1 Å². The third-order valence-electron chi connectivity index (χ3n) is 5.32. The summed E-state index contributed by atoms with van der Waals surface area (Å²) in [6.45, 7) is 8.40. The van der Waals surface area contributed by atoms with Crippen molar-refractivity contribution in [2.75, 3.05) is 0 Å². The minimum atomic E-state index is 0.188. The highest BCUT2D eigenvalue weighted by Crippen LogP contribution is 2.35. The number of aryl methyl sites for hydroxylation is 3. The Morgan fingerprint density at radius 2 is 1.90 bits per heavy atom. The van der Waals surface area contributed by atoms with Crippen LogP contribution >= 0.6 is 0 Å². The number of aromatic nitrogens is 5. The maximum Gasteiger partial charge on any atom is 0.149 e. The van der Waals surface area contributed by atoms with Crippen LogP contribution in [0.4, 0.5) is 0 Å². The molecular weight excluding hydrogens is 362 g/mol. The standard InChI is InChI=1S/C23H27N5O/c1-6-18(7-2)29-20-14-16(4)25-22-21(26-27(5)23(20)22)19-10-9-17(13-15(19)3)28-12-8-11-24-28/h8-14,18H,6-7H2,1-5H3. The van der Waals surface area contributed by atoms with Crippen LogP contribution in [-0.2, 0) is 7.05 Å². The molecule has 0 aliphatic rings. The molecule has 0 spiro atoms. The Balaban J connectivity index is 1.84. The molecule has 150 valence electrons. The molecule has 0 radical (unpaired) electrons. The van der Waals surface area contributed by atoms with Crippen molar-refractivity contribution in [2.45, 2.75) is 46.6 Å².